The molecule has 2 aromatic rings. The first-order valence-corrected chi connectivity index (χ1v) is 7.24. The van der Waals surface area contributed by atoms with Gasteiger partial charge in [-0.25, -0.2) is 4.39 Å². The van der Waals surface area contributed by atoms with E-state index in [1.54, 1.807) is 18.2 Å². The lowest BCUT2D eigenvalue weighted by molar-refractivity contribution is -0.385. The van der Waals surface area contributed by atoms with E-state index in [-0.39, 0.29) is 11.5 Å². The molecule has 0 spiro atoms. The Balaban J connectivity index is 1.88. The predicted molar refractivity (Wildman–Crippen MR) is 82.6 cm³/mol. The summed E-state index contributed by atoms with van der Waals surface area (Å²) in [6, 6.07) is 11.3. The van der Waals surface area contributed by atoms with Crippen molar-refractivity contribution in [3.8, 4) is 0 Å². The minimum Gasteiger partial charge on any atom is -0.312 e. The number of hydrogen-bond acceptors (Lipinski definition) is 3. The molecule has 21 heavy (non-hydrogen) atoms. The zero-order valence-electron chi connectivity index (χ0n) is 11.2. The lowest BCUT2D eigenvalue weighted by atomic mass is 10.1. The number of rotatable bonds is 6. The molecule has 4 nitrogen and oxygen atoms in total. The van der Waals surface area contributed by atoms with Gasteiger partial charge in [0.05, 0.1) is 9.40 Å². The quantitative estimate of drug-likeness (QED) is 0.488. The Morgan fingerprint density at radius 1 is 1.19 bits per heavy atom. The van der Waals surface area contributed by atoms with Gasteiger partial charge >= 0.3 is 0 Å². The van der Waals surface area contributed by atoms with Crippen molar-refractivity contribution in [1.29, 1.82) is 0 Å². The third kappa shape index (κ3) is 4.34. The number of nitro groups is 1. The van der Waals surface area contributed by atoms with Gasteiger partial charge in [-0.1, -0.05) is 24.3 Å². The van der Waals surface area contributed by atoms with Crippen LogP contribution in [0.15, 0.2) is 46.9 Å². The van der Waals surface area contributed by atoms with Gasteiger partial charge in [0, 0.05) is 12.6 Å². The fraction of sp³-hybridized carbons (Fsp3) is 0.200. The van der Waals surface area contributed by atoms with Crippen LogP contribution in [0.4, 0.5) is 10.1 Å². The highest BCUT2D eigenvalue weighted by atomic mass is 79.9. The molecule has 0 saturated carbocycles. The first kappa shape index (κ1) is 15.6. The molecule has 0 heterocycles. The van der Waals surface area contributed by atoms with Crippen LogP contribution in [0.3, 0.4) is 0 Å². The van der Waals surface area contributed by atoms with Gasteiger partial charge in [-0.15, -0.1) is 0 Å². The second-order valence-corrected chi connectivity index (χ2v) is 5.35. The maximum atomic E-state index is 12.8. The summed E-state index contributed by atoms with van der Waals surface area (Å²) in [7, 11) is 0. The highest BCUT2D eigenvalue weighted by Crippen LogP contribution is 2.28. The topological polar surface area (TPSA) is 55.2 Å². The monoisotopic (exact) mass is 352 g/mol. The van der Waals surface area contributed by atoms with Gasteiger partial charge in [-0.2, -0.15) is 0 Å². The van der Waals surface area contributed by atoms with E-state index in [4.69, 9.17) is 0 Å². The summed E-state index contributed by atoms with van der Waals surface area (Å²) in [5.74, 6) is -0.243. The molecule has 0 unspecified atom stereocenters. The number of benzene rings is 2. The van der Waals surface area contributed by atoms with Crippen molar-refractivity contribution in [2.24, 2.45) is 0 Å². The smallest absolute Gasteiger partial charge is 0.283 e. The van der Waals surface area contributed by atoms with E-state index in [2.05, 4.69) is 21.2 Å². The van der Waals surface area contributed by atoms with Gasteiger partial charge in [0.15, 0.2) is 0 Å². The number of hydrogen-bond donors (Lipinski definition) is 1. The number of nitrogens with zero attached hydrogens (tertiary/aromatic N) is 1. The Hall–Kier alpha value is -1.79. The van der Waals surface area contributed by atoms with Gasteiger partial charge in [0.25, 0.3) is 5.69 Å². The Morgan fingerprint density at radius 2 is 1.90 bits per heavy atom. The van der Waals surface area contributed by atoms with Crippen LogP contribution in [0.2, 0.25) is 0 Å². The average Bonchev–Trinajstić information content (AvgIpc) is 2.46. The average molecular weight is 353 g/mol. The van der Waals surface area contributed by atoms with Crippen LogP contribution in [-0.2, 0) is 13.0 Å². The molecule has 0 aliphatic rings. The van der Waals surface area contributed by atoms with Crippen molar-refractivity contribution >= 4 is 21.6 Å². The van der Waals surface area contributed by atoms with E-state index in [1.165, 1.54) is 18.2 Å². The van der Waals surface area contributed by atoms with E-state index < -0.39 is 4.92 Å². The predicted octanol–water partition coefficient (Wildman–Crippen LogP) is 3.83. The number of halogens is 2. The van der Waals surface area contributed by atoms with Crippen LogP contribution in [0.5, 0.6) is 0 Å². The Kier molecular flexibility index (Phi) is 5.41. The van der Waals surface area contributed by atoms with Crippen LogP contribution in [0, 0.1) is 15.9 Å². The van der Waals surface area contributed by atoms with E-state index in [0.717, 1.165) is 17.5 Å². The Morgan fingerprint density at radius 3 is 2.57 bits per heavy atom. The largest absolute Gasteiger partial charge is 0.312 e. The number of nitrogens with one attached hydrogen (secondary N) is 1. The second-order valence-electron chi connectivity index (χ2n) is 4.56. The first-order valence-electron chi connectivity index (χ1n) is 6.45. The summed E-state index contributed by atoms with van der Waals surface area (Å²) in [4.78, 5) is 10.4. The van der Waals surface area contributed by atoms with Gasteiger partial charge in [0.1, 0.15) is 5.82 Å². The maximum Gasteiger partial charge on any atom is 0.283 e. The minimum atomic E-state index is -0.411. The zero-order chi connectivity index (χ0) is 15.2. The van der Waals surface area contributed by atoms with Crippen LogP contribution in [-0.4, -0.2) is 11.5 Å². The highest BCUT2D eigenvalue weighted by Gasteiger charge is 2.14. The lowest BCUT2D eigenvalue weighted by Gasteiger charge is -2.07. The highest BCUT2D eigenvalue weighted by molar-refractivity contribution is 9.10. The van der Waals surface area contributed by atoms with Gasteiger partial charge in [-0.3, -0.25) is 10.1 Å². The standard InChI is InChI=1S/C15H14BrFN2O2/c16-15-12(2-1-3-14(15)19(20)21)10-18-9-8-11-4-6-13(17)7-5-11/h1-7,18H,8-10H2. The van der Waals surface area contributed by atoms with Crippen molar-refractivity contribution in [2.75, 3.05) is 6.54 Å². The summed E-state index contributed by atoms with van der Waals surface area (Å²) in [6.45, 7) is 1.24. The molecule has 0 aliphatic heterocycles. The third-order valence-electron chi connectivity index (χ3n) is 3.07. The van der Waals surface area contributed by atoms with Gasteiger partial charge in [0.2, 0.25) is 0 Å². The van der Waals surface area contributed by atoms with E-state index in [1.807, 2.05) is 6.07 Å². The Labute approximate surface area is 130 Å². The summed E-state index contributed by atoms with van der Waals surface area (Å²) >= 11 is 3.26. The van der Waals surface area contributed by atoms with Gasteiger partial charge in [-0.05, 0) is 52.2 Å². The van der Waals surface area contributed by atoms with Crippen molar-refractivity contribution in [3.63, 3.8) is 0 Å². The van der Waals surface area contributed by atoms with E-state index in [9.17, 15) is 14.5 Å². The second kappa shape index (κ2) is 7.28. The molecule has 6 heteroatoms. The summed E-state index contributed by atoms with van der Waals surface area (Å²) in [6.07, 6.45) is 0.771. The summed E-state index contributed by atoms with van der Waals surface area (Å²) < 4.78 is 13.3. The number of nitro benzene ring substituents is 1. The van der Waals surface area contributed by atoms with Crippen LogP contribution in [0.25, 0.3) is 0 Å². The fourth-order valence-electron chi connectivity index (χ4n) is 1.95. The SMILES string of the molecule is O=[N+]([O-])c1cccc(CNCCc2ccc(F)cc2)c1Br. The maximum absolute atomic E-state index is 12.8. The summed E-state index contributed by atoms with van der Waals surface area (Å²) in [5.41, 5.74) is 1.94. The molecule has 2 aromatic carbocycles. The van der Waals surface area contributed by atoms with Gasteiger partial charge < -0.3 is 5.32 Å². The Bertz CT molecular complexity index is 632. The molecular formula is C15H14BrFN2O2. The first-order chi connectivity index (χ1) is 10.1. The molecule has 0 fully saturated rings. The van der Waals surface area contributed by atoms with E-state index in [0.29, 0.717) is 17.6 Å². The van der Waals surface area contributed by atoms with Crippen molar-refractivity contribution in [1.82, 2.24) is 5.32 Å². The molecule has 0 radical (unpaired) electrons. The fourth-order valence-corrected chi connectivity index (χ4v) is 2.50. The van der Waals surface area contributed by atoms with Crippen molar-refractivity contribution in [3.05, 3.63) is 74.0 Å². The third-order valence-corrected chi connectivity index (χ3v) is 3.99. The summed E-state index contributed by atoms with van der Waals surface area (Å²) in [5, 5.41) is 14.1. The lowest BCUT2D eigenvalue weighted by Crippen LogP contribution is -2.17. The molecular weight excluding hydrogens is 339 g/mol. The minimum absolute atomic E-state index is 0.0628. The molecule has 2 rings (SSSR count). The molecule has 0 aliphatic carbocycles. The molecule has 0 aromatic heterocycles. The van der Waals surface area contributed by atoms with Crippen LogP contribution < -0.4 is 5.32 Å². The van der Waals surface area contributed by atoms with Crippen molar-refractivity contribution in [2.45, 2.75) is 13.0 Å². The molecule has 0 saturated heterocycles. The molecule has 1 N–H and O–H groups in total. The van der Waals surface area contributed by atoms with E-state index >= 15 is 0 Å². The molecule has 0 amide bonds. The van der Waals surface area contributed by atoms with Crippen LogP contribution in [0.1, 0.15) is 11.1 Å². The van der Waals surface area contributed by atoms with Crippen LogP contribution >= 0.6 is 15.9 Å². The molecule has 0 atom stereocenters. The molecule has 110 valence electrons. The zero-order valence-corrected chi connectivity index (χ0v) is 12.8. The normalized spacial score (nSPS) is 10.6. The van der Waals surface area contributed by atoms with Crippen molar-refractivity contribution < 1.29 is 9.31 Å². The molecule has 0 bridgehead atoms.